The lowest BCUT2D eigenvalue weighted by atomic mass is 9.63. The number of hydrogen-bond donors (Lipinski definition) is 2. The first-order chi connectivity index (χ1) is 6.65. The molecule has 3 nitrogen and oxygen atoms in total. The van der Waals surface area contributed by atoms with Crippen molar-refractivity contribution in [1.29, 1.82) is 0 Å². The van der Waals surface area contributed by atoms with Gasteiger partial charge in [-0.15, -0.1) is 0 Å². The van der Waals surface area contributed by atoms with Crippen molar-refractivity contribution in [3.05, 3.63) is 0 Å². The quantitative estimate of drug-likeness (QED) is 0.705. The molecule has 0 aromatic heterocycles. The predicted molar refractivity (Wildman–Crippen MR) is 54.1 cm³/mol. The van der Waals surface area contributed by atoms with Crippen LogP contribution < -0.4 is 5.32 Å². The van der Waals surface area contributed by atoms with E-state index in [-0.39, 0.29) is 0 Å². The summed E-state index contributed by atoms with van der Waals surface area (Å²) in [6.07, 6.45) is 4.70. The second kappa shape index (κ2) is 3.54. The summed E-state index contributed by atoms with van der Waals surface area (Å²) in [5.41, 5.74) is -0.422. The Bertz CT molecular complexity index is 235. The predicted octanol–water partition coefficient (Wildman–Crippen LogP) is 1.49. The second-order valence-corrected chi connectivity index (χ2v) is 5.03. The third-order valence-electron chi connectivity index (χ3n) is 4.02. The maximum atomic E-state index is 11.3. The van der Waals surface area contributed by atoms with Gasteiger partial charge in [0.15, 0.2) is 0 Å². The van der Waals surface area contributed by atoms with Crippen LogP contribution in [0.3, 0.4) is 0 Å². The number of carbonyl (C=O) groups is 1. The summed E-state index contributed by atoms with van der Waals surface area (Å²) < 4.78 is 0. The molecule has 2 fully saturated rings. The lowest BCUT2D eigenvalue weighted by Crippen LogP contribution is -2.62. The molecule has 1 saturated carbocycles. The summed E-state index contributed by atoms with van der Waals surface area (Å²) in [5.74, 6) is 0.533. The minimum absolute atomic E-state index is 0.407. The van der Waals surface area contributed by atoms with Crippen LogP contribution >= 0.6 is 0 Å². The van der Waals surface area contributed by atoms with Gasteiger partial charge in [0.25, 0.3) is 0 Å². The summed E-state index contributed by atoms with van der Waals surface area (Å²) in [6, 6.07) is 0. The van der Waals surface area contributed by atoms with Crippen molar-refractivity contribution in [1.82, 2.24) is 5.32 Å². The molecule has 0 aromatic carbocycles. The molecule has 80 valence electrons. The van der Waals surface area contributed by atoms with Crippen LogP contribution in [0.1, 0.15) is 32.6 Å². The number of carboxylic acid groups (broad SMARTS) is 1. The van der Waals surface area contributed by atoms with Gasteiger partial charge in [-0.3, -0.25) is 4.79 Å². The highest BCUT2D eigenvalue weighted by Crippen LogP contribution is 2.43. The van der Waals surface area contributed by atoms with E-state index in [1.54, 1.807) is 0 Å². The molecular weight excluding hydrogens is 178 g/mol. The van der Waals surface area contributed by atoms with Crippen molar-refractivity contribution in [3.8, 4) is 0 Å². The fraction of sp³-hybridized carbons (Fsp3) is 0.909. The Balaban J connectivity index is 2.07. The van der Waals surface area contributed by atoms with Gasteiger partial charge < -0.3 is 10.4 Å². The molecule has 0 radical (unpaired) electrons. The molecule has 0 bridgehead atoms. The highest BCUT2D eigenvalue weighted by Gasteiger charge is 2.51. The molecule has 1 aliphatic heterocycles. The van der Waals surface area contributed by atoms with Gasteiger partial charge in [0.2, 0.25) is 0 Å². The van der Waals surface area contributed by atoms with E-state index in [2.05, 4.69) is 12.2 Å². The largest absolute Gasteiger partial charge is 0.481 e. The van der Waals surface area contributed by atoms with E-state index in [0.717, 1.165) is 12.8 Å². The molecule has 1 saturated heterocycles. The monoisotopic (exact) mass is 197 g/mol. The first-order valence-corrected chi connectivity index (χ1v) is 5.59. The van der Waals surface area contributed by atoms with Gasteiger partial charge in [0, 0.05) is 13.1 Å². The molecule has 0 spiro atoms. The lowest BCUT2D eigenvalue weighted by molar-refractivity contribution is -0.158. The Kier molecular flexibility index (Phi) is 2.52. The van der Waals surface area contributed by atoms with Gasteiger partial charge in [0.1, 0.15) is 0 Å². The number of aliphatic carboxylic acids is 1. The van der Waals surface area contributed by atoms with E-state index in [1.165, 1.54) is 12.8 Å². The van der Waals surface area contributed by atoms with Crippen LogP contribution in [-0.2, 0) is 4.79 Å². The van der Waals surface area contributed by atoms with Gasteiger partial charge in [-0.2, -0.15) is 0 Å². The average Bonchev–Trinajstić information content (AvgIpc) is 2.00. The van der Waals surface area contributed by atoms with Crippen LogP contribution in [-0.4, -0.2) is 24.2 Å². The molecule has 0 aromatic rings. The Morgan fingerprint density at radius 2 is 2.14 bits per heavy atom. The second-order valence-electron chi connectivity index (χ2n) is 5.03. The van der Waals surface area contributed by atoms with E-state index in [1.807, 2.05) is 0 Å². The van der Waals surface area contributed by atoms with Gasteiger partial charge in [-0.25, -0.2) is 0 Å². The summed E-state index contributed by atoms with van der Waals surface area (Å²) in [7, 11) is 0. The molecule has 1 heterocycles. The Labute approximate surface area is 84.9 Å². The van der Waals surface area contributed by atoms with Crippen LogP contribution in [0.4, 0.5) is 0 Å². The van der Waals surface area contributed by atoms with Crippen molar-refractivity contribution in [2.45, 2.75) is 32.6 Å². The number of carboxylic acids is 1. The maximum Gasteiger partial charge on any atom is 0.312 e. The lowest BCUT2D eigenvalue weighted by Gasteiger charge is -2.47. The van der Waals surface area contributed by atoms with E-state index in [0.29, 0.717) is 24.9 Å². The van der Waals surface area contributed by atoms with Gasteiger partial charge in [0.05, 0.1) is 5.41 Å². The van der Waals surface area contributed by atoms with Crippen molar-refractivity contribution in [3.63, 3.8) is 0 Å². The van der Waals surface area contributed by atoms with Crippen molar-refractivity contribution < 1.29 is 9.90 Å². The molecule has 14 heavy (non-hydrogen) atoms. The van der Waals surface area contributed by atoms with E-state index < -0.39 is 11.4 Å². The molecule has 2 unspecified atom stereocenters. The zero-order valence-electron chi connectivity index (χ0n) is 8.75. The van der Waals surface area contributed by atoms with Crippen LogP contribution in [0.2, 0.25) is 0 Å². The van der Waals surface area contributed by atoms with E-state index in [4.69, 9.17) is 0 Å². The zero-order valence-corrected chi connectivity index (χ0v) is 8.75. The van der Waals surface area contributed by atoms with Gasteiger partial charge in [-0.1, -0.05) is 19.8 Å². The van der Waals surface area contributed by atoms with Crippen molar-refractivity contribution in [2.24, 2.45) is 17.3 Å². The fourth-order valence-corrected chi connectivity index (χ4v) is 2.94. The molecule has 2 atom stereocenters. The topological polar surface area (TPSA) is 49.3 Å². The smallest absolute Gasteiger partial charge is 0.312 e. The summed E-state index contributed by atoms with van der Waals surface area (Å²) in [6.45, 7) is 3.60. The maximum absolute atomic E-state index is 11.3. The molecule has 3 heteroatoms. The normalized spacial score (nSPS) is 36.1. The highest BCUT2D eigenvalue weighted by molar-refractivity contribution is 5.77. The van der Waals surface area contributed by atoms with Crippen LogP contribution in [0.5, 0.6) is 0 Å². The summed E-state index contributed by atoms with van der Waals surface area (Å²) in [5, 5.41) is 12.4. The van der Waals surface area contributed by atoms with E-state index in [9.17, 15) is 9.90 Å². The van der Waals surface area contributed by atoms with Crippen LogP contribution in [0.15, 0.2) is 0 Å². The minimum Gasteiger partial charge on any atom is -0.481 e. The van der Waals surface area contributed by atoms with Gasteiger partial charge in [-0.05, 0) is 24.7 Å². The third kappa shape index (κ3) is 1.44. The first-order valence-electron chi connectivity index (χ1n) is 5.59. The molecule has 1 aliphatic carbocycles. The number of nitrogens with one attached hydrogen (secondary N) is 1. The van der Waals surface area contributed by atoms with Crippen LogP contribution in [0, 0.1) is 17.3 Å². The van der Waals surface area contributed by atoms with Crippen molar-refractivity contribution in [2.75, 3.05) is 13.1 Å². The number of hydrogen-bond acceptors (Lipinski definition) is 2. The summed E-state index contributed by atoms with van der Waals surface area (Å²) >= 11 is 0. The van der Waals surface area contributed by atoms with E-state index >= 15 is 0 Å². The molecule has 2 N–H and O–H groups in total. The Morgan fingerprint density at radius 1 is 1.43 bits per heavy atom. The average molecular weight is 197 g/mol. The SMILES string of the molecule is CC1CCCC(C2(C(=O)O)CNC2)C1. The third-order valence-corrected chi connectivity index (χ3v) is 4.02. The Hall–Kier alpha value is -0.570. The fourth-order valence-electron chi connectivity index (χ4n) is 2.94. The Morgan fingerprint density at radius 3 is 2.57 bits per heavy atom. The standard InChI is InChI=1S/C11H19NO2/c1-8-3-2-4-9(5-8)11(10(13)14)6-12-7-11/h8-9,12H,2-7H2,1H3,(H,13,14). The van der Waals surface area contributed by atoms with Crippen LogP contribution in [0.25, 0.3) is 0 Å². The first kappa shape index (κ1) is 9.97. The molecular formula is C11H19NO2. The van der Waals surface area contributed by atoms with Crippen molar-refractivity contribution >= 4 is 5.97 Å². The summed E-state index contributed by atoms with van der Waals surface area (Å²) in [4.78, 5) is 11.3. The zero-order chi connectivity index (χ0) is 10.2. The number of rotatable bonds is 2. The minimum atomic E-state index is -0.588. The molecule has 0 amide bonds. The highest BCUT2D eigenvalue weighted by atomic mass is 16.4. The molecule has 2 rings (SSSR count). The molecule has 2 aliphatic rings. The van der Waals surface area contributed by atoms with Gasteiger partial charge >= 0.3 is 5.97 Å².